The molecule has 0 bridgehead atoms. The van der Waals surface area contributed by atoms with E-state index in [0.29, 0.717) is 18.1 Å². The molecular weight excluding hydrogens is 332 g/mol. The first kappa shape index (κ1) is 14.3. The van der Waals surface area contributed by atoms with Gasteiger partial charge in [-0.15, -0.1) is 0 Å². The molecule has 1 aromatic heterocycles. The van der Waals surface area contributed by atoms with Gasteiger partial charge >= 0.3 is 0 Å². The van der Waals surface area contributed by atoms with Gasteiger partial charge in [0.1, 0.15) is 0 Å². The van der Waals surface area contributed by atoms with E-state index in [0.717, 1.165) is 28.9 Å². The van der Waals surface area contributed by atoms with E-state index in [9.17, 15) is 0 Å². The van der Waals surface area contributed by atoms with Crippen LogP contribution in [0.2, 0.25) is 0 Å². The summed E-state index contributed by atoms with van der Waals surface area (Å²) in [6.07, 6.45) is 4.52. The third-order valence-electron chi connectivity index (χ3n) is 3.82. The number of halogens is 1. The van der Waals surface area contributed by atoms with Crippen molar-refractivity contribution in [1.29, 1.82) is 5.26 Å². The van der Waals surface area contributed by atoms with Crippen LogP contribution in [0.3, 0.4) is 0 Å². The number of nitriles is 1. The quantitative estimate of drug-likeness (QED) is 0.926. The Bertz CT molecular complexity index is 685. The van der Waals surface area contributed by atoms with Crippen molar-refractivity contribution in [2.45, 2.75) is 12.5 Å². The Morgan fingerprint density at radius 1 is 1.52 bits per heavy atom. The molecule has 1 saturated heterocycles. The maximum atomic E-state index is 8.95. The first-order chi connectivity index (χ1) is 10.2. The third-order valence-corrected chi connectivity index (χ3v) is 4.45. The fourth-order valence-corrected chi connectivity index (χ4v) is 3.17. The molecule has 2 atom stereocenters. The van der Waals surface area contributed by atoms with Crippen LogP contribution in [0.15, 0.2) is 35.2 Å². The van der Waals surface area contributed by atoms with Crippen LogP contribution >= 0.6 is 15.9 Å². The number of hydrogen-bond donors (Lipinski definition) is 1. The van der Waals surface area contributed by atoms with Gasteiger partial charge in [0.25, 0.3) is 0 Å². The molecule has 1 aliphatic rings. The van der Waals surface area contributed by atoms with Crippen LogP contribution in [-0.2, 0) is 4.74 Å². The lowest BCUT2D eigenvalue weighted by molar-refractivity contribution is 0.180. The van der Waals surface area contributed by atoms with Crippen molar-refractivity contribution in [3.8, 4) is 11.8 Å². The number of nitrogens with two attached hydrogens (primary N) is 1. The Hall–Kier alpha value is -1.68. The summed E-state index contributed by atoms with van der Waals surface area (Å²) >= 11 is 3.51. The number of rotatable bonds is 3. The molecule has 0 radical (unpaired) electrons. The molecule has 1 aromatic carbocycles. The molecule has 5 nitrogen and oxygen atoms in total. The summed E-state index contributed by atoms with van der Waals surface area (Å²) < 4.78 is 8.23. The average Bonchev–Trinajstić information content (AvgIpc) is 3.17. The van der Waals surface area contributed by atoms with E-state index in [1.165, 1.54) is 0 Å². The van der Waals surface area contributed by atoms with Crippen LogP contribution in [-0.4, -0.2) is 22.8 Å². The minimum atomic E-state index is -0.113. The summed E-state index contributed by atoms with van der Waals surface area (Å²) in [4.78, 5) is 4.23. The van der Waals surface area contributed by atoms with Gasteiger partial charge in [-0.25, -0.2) is 4.98 Å². The summed E-state index contributed by atoms with van der Waals surface area (Å²) in [6, 6.07) is 7.49. The number of aromatic nitrogens is 2. The van der Waals surface area contributed by atoms with Crippen LogP contribution in [0.5, 0.6) is 0 Å². The van der Waals surface area contributed by atoms with Crippen molar-refractivity contribution in [2.75, 3.05) is 13.2 Å². The van der Waals surface area contributed by atoms with Gasteiger partial charge in [-0.05, 0) is 40.5 Å². The largest absolute Gasteiger partial charge is 0.381 e. The van der Waals surface area contributed by atoms with Gasteiger partial charge < -0.3 is 15.0 Å². The van der Waals surface area contributed by atoms with Gasteiger partial charge in [-0.1, -0.05) is 0 Å². The van der Waals surface area contributed by atoms with Crippen molar-refractivity contribution in [1.82, 2.24) is 9.55 Å². The minimum absolute atomic E-state index is 0.113. The highest BCUT2D eigenvalue weighted by atomic mass is 79.9. The second kappa shape index (κ2) is 5.98. The minimum Gasteiger partial charge on any atom is -0.381 e. The van der Waals surface area contributed by atoms with E-state index in [2.05, 4.69) is 27.0 Å². The van der Waals surface area contributed by atoms with Crippen LogP contribution in [0.4, 0.5) is 0 Å². The number of nitrogens with zero attached hydrogens (tertiary/aromatic N) is 3. The third kappa shape index (κ3) is 2.72. The highest BCUT2D eigenvalue weighted by Crippen LogP contribution is 2.30. The molecule has 1 aliphatic heterocycles. The molecular formula is C15H15BrN4O. The molecule has 2 N–H and O–H groups in total. The predicted molar refractivity (Wildman–Crippen MR) is 81.8 cm³/mol. The smallest absolute Gasteiger partial charge is 0.0995 e. The number of ether oxygens (including phenoxy) is 1. The summed E-state index contributed by atoms with van der Waals surface area (Å²) in [7, 11) is 0. The van der Waals surface area contributed by atoms with Crippen LogP contribution in [0, 0.1) is 17.2 Å². The first-order valence-corrected chi connectivity index (χ1v) is 7.55. The summed E-state index contributed by atoms with van der Waals surface area (Å²) in [6.45, 7) is 1.47. The molecule has 6 heteroatoms. The van der Waals surface area contributed by atoms with E-state index in [1.54, 1.807) is 24.7 Å². The molecule has 0 aliphatic carbocycles. The molecule has 0 saturated carbocycles. The van der Waals surface area contributed by atoms with Crippen molar-refractivity contribution in [3.05, 3.63) is 46.5 Å². The lowest BCUT2D eigenvalue weighted by Crippen LogP contribution is -2.24. The fourth-order valence-electron chi connectivity index (χ4n) is 2.60. The maximum absolute atomic E-state index is 8.95. The Kier molecular flexibility index (Phi) is 4.06. The Morgan fingerprint density at radius 2 is 2.38 bits per heavy atom. The normalized spacial score (nSPS) is 19.4. The van der Waals surface area contributed by atoms with Crippen LogP contribution in [0.1, 0.15) is 23.7 Å². The Balaban J connectivity index is 1.97. The van der Waals surface area contributed by atoms with Crippen LogP contribution < -0.4 is 5.73 Å². The lowest BCUT2D eigenvalue weighted by Gasteiger charge is -2.20. The molecule has 21 heavy (non-hydrogen) atoms. The number of hydrogen-bond acceptors (Lipinski definition) is 4. The zero-order valence-corrected chi connectivity index (χ0v) is 13.0. The molecule has 2 heterocycles. The SMILES string of the molecule is N#Cc1ccc(-n2cncc2C(N)C2CCOC2)c(Br)c1. The van der Waals surface area contributed by atoms with Crippen LogP contribution in [0.25, 0.3) is 5.69 Å². The van der Waals surface area contributed by atoms with E-state index in [-0.39, 0.29) is 6.04 Å². The average molecular weight is 347 g/mol. The molecule has 0 amide bonds. The van der Waals surface area contributed by atoms with Gasteiger partial charge in [0.05, 0.1) is 48.2 Å². The number of benzene rings is 1. The highest BCUT2D eigenvalue weighted by molar-refractivity contribution is 9.10. The maximum Gasteiger partial charge on any atom is 0.0995 e. The standard InChI is InChI=1S/C15H15BrN4O/c16-12-5-10(6-17)1-2-13(12)20-9-19-7-14(20)15(18)11-3-4-21-8-11/h1-2,5,7,9,11,15H,3-4,8,18H2. The van der Waals surface area contributed by atoms with E-state index >= 15 is 0 Å². The van der Waals surface area contributed by atoms with Crippen molar-refractivity contribution >= 4 is 15.9 Å². The van der Waals surface area contributed by atoms with Crippen molar-refractivity contribution in [2.24, 2.45) is 11.7 Å². The Labute approximate surface area is 131 Å². The summed E-state index contributed by atoms with van der Waals surface area (Å²) in [5.41, 5.74) is 8.87. The molecule has 1 fully saturated rings. The molecule has 2 unspecified atom stereocenters. The van der Waals surface area contributed by atoms with Crippen molar-refractivity contribution in [3.63, 3.8) is 0 Å². The molecule has 108 valence electrons. The zero-order chi connectivity index (χ0) is 14.8. The van der Waals surface area contributed by atoms with E-state index < -0.39 is 0 Å². The summed E-state index contributed by atoms with van der Waals surface area (Å²) in [5.74, 6) is 0.317. The second-order valence-electron chi connectivity index (χ2n) is 5.12. The molecule has 0 spiro atoms. The van der Waals surface area contributed by atoms with Gasteiger partial charge in [-0.2, -0.15) is 5.26 Å². The topological polar surface area (TPSA) is 76.9 Å². The number of imidazole rings is 1. The van der Waals surface area contributed by atoms with E-state index in [1.807, 2.05) is 10.6 Å². The molecule has 3 rings (SSSR count). The highest BCUT2D eigenvalue weighted by Gasteiger charge is 2.26. The lowest BCUT2D eigenvalue weighted by atomic mass is 9.97. The predicted octanol–water partition coefficient (Wildman–Crippen LogP) is 2.54. The van der Waals surface area contributed by atoms with E-state index in [4.69, 9.17) is 15.7 Å². The Morgan fingerprint density at radius 3 is 3.05 bits per heavy atom. The monoisotopic (exact) mass is 346 g/mol. The molecule has 2 aromatic rings. The fraction of sp³-hybridized carbons (Fsp3) is 0.333. The van der Waals surface area contributed by atoms with Gasteiger partial charge in [0.15, 0.2) is 0 Å². The van der Waals surface area contributed by atoms with Gasteiger partial charge in [0.2, 0.25) is 0 Å². The zero-order valence-electron chi connectivity index (χ0n) is 11.4. The summed E-state index contributed by atoms with van der Waals surface area (Å²) in [5, 5.41) is 8.95. The van der Waals surface area contributed by atoms with Gasteiger partial charge in [-0.3, -0.25) is 0 Å². The second-order valence-corrected chi connectivity index (χ2v) is 5.97. The van der Waals surface area contributed by atoms with Crippen molar-refractivity contribution < 1.29 is 4.74 Å². The van der Waals surface area contributed by atoms with Gasteiger partial charge in [0, 0.05) is 17.0 Å². The first-order valence-electron chi connectivity index (χ1n) is 6.76.